The van der Waals surface area contributed by atoms with Gasteiger partial charge in [0.05, 0.1) is 32.5 Å². The number of aryl methyl sites for hydroxylation is 1. The van der Waals surface area contributed by atoms with Gasteiger partial charge in [0.15, 0.2) is 17.1 Å². The van der Waals surface area contributed by atoms with E-state index in [1.54, 1.807) is 41.9 Å². The van der Waals surface area contributed by atoms with Crippen LogP contribution in [0.2, 0.25) is 0 Å². The molecule has 0 aliphatic rings. The first-order chi connectivity index (χ1) is 17.4. The summed E-state index contributed by atoms with van der Waals surface area (Å²) in [5, 5.41) is 0.328. The van der Waals surface area contributed by atoms with Crippen molar-refractivity contribution in [1.82, 2.24) is 14.1 Å². The molecular formula is C27H22FN3O5. The van der Waals surface area contributed by atoms with Gasteiger partial charge >= 0.3 is 0 Å². The van der Waals surface area contributed by atoms with Gasteiger partial charge in [-0.15, -0.1) is 0 Å². The van der Waals surface area contributed by atoms with Crippen LogP contribution in [0.15, 0.2) is 70.3 Å². The summed E-state index contributed by atoms with van der Waals surface area (Å²) in [6, 6.07) is 15.7. The van der Waals surface area contributed by atoms with Gasteiger partial charge in [0, 0.05) is 18.0 Å². The average molecular weight is 487 g/mol. The second-order valence-electron chi connectivity index (χ2n) is 8.07. The van der Waals surface area contributed by atoms with Gasteiger partial charge in [0.1, 0.15) is 17.0 Å². The zero-order valence-electron chi connectivity index (χ0n) is 20.0. The zero-order valence-corrected chi connectivity index (χ0v) is 20.0. The number of fused-ring (bicyclic) bond motifs is 2. The van der Waals surface area contributed by atoms with Crippen LogP contribution in [-0.4, -0.2) is 35.4 Å². The van der Waals surface area contributed by atoms with Crippen LogP contribution < -0.4 is 25.2 Å². The fourth-order valence-electron chi connectivity index (χ4n) is 4.39. The molecule has 0 saturated carbocycles. The van der Waals surface area contributed by atoms with Crippen LogP contribution >= 0.6 is 0 Å². The molecule has 0 bridgehead atoms. The quantitative estimate of drug-likeness (QED) is 0.348. The molecule has 0 saturated heterocycles. The van der Waals surface area contributed by atoms with E-state index in [9.17, 15) is 14.0 Å². The summed E-state index contributed by atoms with van der Waals surface area (Å²) in [6.07, 6.45) is 0. The molecule has 0 spiro atoms. The van der Waals surface area contributed by atoms with Crippen molar-refractivity contribution in [2.24, 2.45) is 7.05 Å². The lowest BCUT2D eigenvalue weighted by molar-refractivity contribution is 0.324. The molecule has 0 radical (unpaired) electrons. The number of para-hydroxylation sites is 1. The number of ether oxygens (including phenoxy) is 3. The molecule has 182 valence electrons. The molecule has 36 heavy (non-hydrogen) atoms. The normalized spacial score (nSPS) is 11.1. The maximum atomic E-state index is 14.0. The van der Waals surface area contributed by atoms with Gasteiger partial charge in [-0.2, -0.15) is 0 Å². The van der Waals surface area contributed by atoms with Crippen LogP contribution in [0.25, 0.3) is 39.0 Å². The molecule has 0 fully saturated rings. The Morgan fingerprint density at radius 2 is 1.50 bits per heavy atom. The van der Waals surface area contributed by atoms with E-state index in [0.29, 0.717) is 39.4 Å². The molecular weight excluding hydrogens is 465 g/mol. The van der Waals surface area contributed by atoms with Crippen LogP contribution in [0, 0.1) is 5.82 Å². The molecule has 2 heterocycles. The highest BCUT2D eigenvalue weighted by molar-refractivity contribution is 5.92. The monoisotopic (exact) mass is 487 g/mol. The summed E-state index contributed by atoms with van der Waals surface area (Å²) in [7, 11) is 6.21. The third-order valence-electron chi connectivity index (χ3n) is 6.13. The van der Waals surface area contributed by atoms with E-state index >= 15 is 0 Å². The number of hydrogen-bond acceptors (Lipinski definition) is 6. The van der Waals surface area contributed by atoms with Crippen molar-refractivity contribution in [3.8, 4) is 34.3 Å². The molecule has 0 unspecified atom stereocenters. The van der Waals surface area contributed by atoms with Gasteiger partial charge in [0.2, 0.25) is 11.2 Å². The first-order valence-corrected chi connectivity index (χ1v) is 11.0. The molecule has 5 aromatic rings. The van der Waals surface area contributed by atoms with Gasteiger partial charge in [-0.05, 0) is 48.5 Å². The highest BCUT2D eigenvalue weighted by Crippen LogP contribution is 2.41. The SMILES string of the molecule is COc1cc(-c2nc3c(c(=O)c4ccccc4n3C)c(=O)n2-c2ccc(F)cc2)cc(OC)c1OC. The smallest absolute Gasteiger partial charge is 0.271 e. The van der Waals surface area contributed by atoms with E-state index < -0.39 is 16.8 Å². The maximum Gasteiger partial charge on any atom is 0.271 e. The summed E-state index contributed by atoms with van der Waals surface area (Å²) >= 11 is 0. The van der Waals surface area contributed by atoms with Crippen LogP contribution in [-0.2, 0) is 7.05 Å². The van der Waals surface area contributed by atoms with Crippen LogP contribution in [0.3, 0.4) is 0 Å². The van der Waals surface area contributed by atoms with Gasteiger partial charge in [-0.1, -0.05) is 12.1 Å². The summed E-state index contributed by atoms with van der Waals surface area (Å²) in [5.41, 5.74) is 0.650. The van der Waals surface area contributed by atoms with Crippen molar-refractivity contribution in [3.05, 3.63) is 87.1 Å². The fourth-order valence-corrected chi connectivity index (χ4v) is 4.39. The predicted octanol–water partition coefficient (Wildman–Crippen LogP) is 4.07. The lowest BCUT2D eigenvalue weighted by atomic mass is 10.1. The van der Waals surface area contributed by atoms with Crippen molar-refractivity contribution in [2.75, 3.05) is 21.3 Å². The minimum Gasteiger partial charge on any atom is -0.493 e. The van der Waals surface area contributed by atoms with Crippen LogP contribution in [0.4, 0.5) is 4.39 Å². The summed E-state index contributed by atoms with van der Waals surface area (Å²) in [5.74, 6) is 0.845. The lowest BCUT2D eigenvalue weighted by Crippen LogP contribution is -2.28. The second kappa shape index (κ2) is 8.84. The Kier molecular flexibility index (Phi) is 5.68. The summed E-state index contributed by atoms with van der Waals surface area (Å²) < 4.78 is 33.2. The Morgan fingerprint density at radius 3 is 2.11 bits per heavy atom. The minimum atomic E-state index is -0.582. The number of rotatable bonds is 5. The topological polar surface area (TPSA) is 84.6 Å². The molecule has 0 amide bonds. The molecule has 2 aromatic heterocycles. The van der Waals surface area contributed by atoms with Crippen LogP contribution in [0.5, 0.6) is 17.2 Å². The average Bonchev–Trinajstić information content (AvgIpc) is 2.91. The molecule has 5 rings (SSSR count). The van der Waals surface area contributed by atoms with Gasteiger partial charge in [0.25, 0.3) is 5.56 Å². The molecule has 0 atom stereocenters. The Labute approximate surface area is 204 Å². The molecule has 0 N–H and O–H groups in total. The standard InChI is InChI=1S/C27H22FN3O5/c1-30-19-8-6-5-7-18(19)23(32)22-26(30)29-25(31(27(22)33)17-11-9-16(28)10-12-17)15-13-20(34-2)24(36-4)21(14-15)35-3/h5-14H,1-4H3. The minimum absolute atomic E-state index is 0.0725. The van der Waals surface area contributed by atoms with Gasteiger partial charge < -0.3 is 18.8 Å². The first-order valence-electron chi connectivity index (χ1n) is 11.0. The van der Waals surface area contributed by atoms with Crippen molar-refractivity contribution < 1.29 is 18.6 Å². The molecule has 0 aliphatic heterocycles. The highest BCUT2D eigenvalue weighted by Gasteiger charge is 2.22. The maximum absolute atomic E-state index is 14.0. The van der Waals surface area contributed by atoms with Crippen molar-refractivity contribution in [2.45, 2.75) is 0 Å². The molecule has 0 aliphatic carbocycles. The highest BCUT2D eigenvalue weighted by atomic mass is 19.1. The Balaban J connectivity index is 1.98. The Bertz CT molecular complexity index is 1730. The molecule has 9 heteroatoms. The third kappa shape index (κ3) is 3.48. The predicted molar refractivity (Wildman–Crippen MR) is 135 cm³/mol. The van der Waals surface area contributed by atoms with E-state index in [1.165, 1.54) is 50.2 Å². The van der Waals surface area contributed by atoms with E-state index in [1.807, 2.05) is 6.07 Å². The second-order valence-corrected chi connectivity index (χ2v) is 8.07. The van der Waals surface area contributed by atoms with E-state index in [2.05, 4.69) is 0 Å². The number of pyridine rings is 1. The third-order valence-corrected chi connectivity index (χ3v) is 6.13. The summed E-state index contributed by atoms with van der Waals surface area (Å²) in [4.78, 5) is 32.2. The summed E-state index contributed by atoms with van der Waals surface area (Å²) in [6.45, 7) is 0. The van der Waals surface area contributed by atoms with E-state index in [-0.39, 0.29) is 16.9 Å². The number of hydrogen-bond donors (Lipinski definition) is 0. The van der Waals surface area contributed by atoms with Gasteiger partial charge in [-0.25, -0.2) is 9.37 Å². The van der Waals surface area contributed by atoms with Crippen LogP contribution in [0.1, 0.15) is 0 Å². The fraction of sp³-hybridized carbons (Fsp3) is 0.148. The van der Waals surface area contributed by atoms with Gasteiger partial charge in [-0.3, -0.25) is 14.2 Å². The largest absolute Gasteiger partial charge is 0.493 e. The lowest BCUT2D eigenvalue weighted by Gasteiger charge is -2.18. The number of halogens is 1. The van der Waals surface area contributed by atoms with Crippen molar-refractivity contribution in [3.63, 3.8) is 0 Å². The zero-order chi connectivity index (χ0) is 25.6. The van der Waals surface area contributed by atoms with E-state index in [0.717, 1.165) is 0 Å². The Hall–Kier alpha value is -4.66. The van der Waals surface area contributed by atoms with Crippen molar-refractivity contribution >= 4 is 21.9 Å². The molecule has 3 aromatic carbocycles. The number of nitrogens with zero attached hydrogens (tertiary/aromatic N) is 3. The van der Waals surface area contributed by atoms with Crippen molar-refractivity contribution in [1.29, 1.82) is 0 Å². The number of methoxy groups -OCH3 is 3. The van der Waals surface area contributed by atoms with E-state index in [4.69, 9.17) is 19.2 Å². The number of aromatic nitrogens is 3. The Morgan fingerprint density at radius 1 is 0.861 bits per heavy atom. The first kappa shape index (κ1) is 23.1. The number of benzene rings is 3. The molecule has 8 nitrogen and oxygen atoms in total.